The van der Waals surface area contributed by atoms with Gasteiger partial charge in [0.1, 0.15) is 0 Å². The number of hydrogen-bond acceptors (Lipinski definition) is 6. The molecule has 6 nitrogen and oxygen atoms in total. The van der Waals surface area contributed by atoms with E-state index >= 15 is 0 Å². The summed E-state index contributed by atoms with van der Waals surface area (Å²) in [4.78, 5) is 0. The van der Waals surface area contributed by atoms with Crippen LogP contribution in [0, 0.1) is 0 Å². The molecule has 0 aromatic heterocycles. The lowest BCUT2D eigenvalue weighted by molar-refractivity contribution is 0.168. The SMILES string of the molecule is CO[Si](C)(C)O[Si](C)(O[Si](C)(C)OC)O[Si](C)(C)OC. The van der Waals surface area contributed by atoms with E-state index in [-0.39, 0.29) is 0 Å². The monoisotopic (exact) mass is 358 g/mol. The van der Waals surface area contributed by atoms with Crippen LogP contribution in [0.3, 0.4) is 0 Å². The summed E-state index contributed by atoms with van der Waals surface area (Å²) in [6.07, 6.45) is 0. The summed E-state index contributed by atoms with van der Waals surface area (Å²) >= 11 is 0. The van der Waals surface area contributed by atoms with E-state index in [4.69, 9.17) is 25.6 Å². The summed E-state index contributed by atoms with van der Waals surface area (Å²) in [5.41, 5.74) is 0. The van der Waals surface area contributed by atoms with Gasteiger partial charge in [-0.1, -0.05) is 0 Å². The van der Waals surface area contributed by atoms with Crippen molar-refractivity contribution in [1.29, 1.82) is 0 Å². The maximum absolute atomic E-state index is 6.17. The first-order valence-corrected chi connectivity index (χ1v) is 17.2. The van der Waals surface area contributed by atoms with Gasteiger partial charge in [-0.05, 0) is 39.3 Å². The van der Waals surface area contributed by atoms with Gasteiger partial charge in [0.15, 0.2) is 0 Å². The van der Waals surface area contributed by atoms with E-state index in [1.165, 1.54) is 0 Å². The minimum atomic E-state index is -2.91. The Bertz CT molecular complexity index is 265. The lowest BCUT2D eigenvalue weighted by Gasteiger charge is -2.40. The summed E-state index contributed by atoms with van der Waals surface area (Å²) in [5.74, 6) is 0. The second-order valence-corrected chi connectivity index (χ2v) is 19.8. The first-order chi connectivity index (χ1) is 8.80. The highest BCUT2D eigenvalue weighted by Gasteiger charge is 2.50. The third-order valence-electron chi connectivity index (χ3n) is 2.77. The van der Waals surface area contributed by atoms with Gasteiger partial charge in [-0.15, -0.1) is 0 Å². The molecule has 0 atom stereocenters. The van der Waals surface area contributed by atoms with Crippen molar-refractivity contribution in [3.63, 3.8) is 0 Å². The summed E-state index contributed by atoms with van der Waals surface area (Å²) in [7, 11) is -4.83. The number of hydrogen-bond donors (Lipinski definition) is 0. The summed E-state index contributed by atoms with van der Waals surface area (Å²) in [6, 6.07) is 0. The molecule has 0 aliphatic carbocycles. The van der Waals surface area contributed by atoms with Crippen LogP contribution in [0.1, 0.15) is 0 Å². The van der Waals surface area contributed by atoms with Crippen LogP contribution in [-0.4, -0.2) is 55.8 Å². The molecule has 0 aromatic rings. The average molecular weight is 359 g/mol. The van der Waals surface area contributed by atoms with E-state index in [0.29, 0.717) is 0 Å². The fourth-order valence-electron chi connectivity index (χ4n) is 1.53. The van der Waals surface area contributed by atoms with Crippen LogP contribution in [0.5, 0.6) is 0 Å². The fourth-order valence-corrected chi connectivity index (χ4v) is 14.9. The molecule has 0 aromatic carbocycles. The molecule has 20 heavy (non-hydrogen) atoms. The van der Waals surface area contributed by atoms with Gasteiger partial charge in [0.2, 0.25) is 0 Å². The van der Waals surface area contributed by atoms with Gasteiger partial charge in [-0.25, -0.2) is 0 Å². The van der Waals surface area contributed by atoms with Gasteiger partial charge in [0, 0.05) is 27.9 Å². The van der Waals surface area contributed by atoms with E-state index in [1.54, 1.807) is 21.3 Å². The first kappa shape index (κ1) is 20.6. The van der Waals surface area contributed by atoms with Crippen LogP contribution in [0.4, 0.5) is 0 Å². The van der Waals surface area contributed by atoms with Crippen molar-refractivity contribution in [2.75, 3.05) is 21.3 Å². The average Bonchev–Trinajstić information content (AvgIpc) is 2.26. The largest absolute Gasteiger partial charge is 0.470 e. The topological polar surface area (TPSA) is 55.4 Å². The zero-order valence-corrected chi connectivity index (χ0v) is 18.4. The van der Waals surface area contributed by atoms with Crippen molar-refractivity contribution in [2.24, 2.45) is 0 Å². The molecule has 0 N–H and O–H groups in total. The Labute approximate surface area is 127 Å². The summed E-state index contributed by atoms with van der Waals surface area (Å²) in [5, 5.41) is 0. The second kappa shape index (κ2) is 7.26. The summed E-state index contributed by atoms with van der Waals surface area (Å²) in [6.45, 7) is 13.7. The Morgan fingerprint density at radius 1 is 0.450 bits per heavy atom. The van der Waals surface area contributed by atoms with E-state index in [2.05, 4.69) is 0 Å². The lowest BCUT2D eigenvalue weighted by atomic mass is 11.8. The van der Waals surface area contributed by atoms with Crippen molar-refractivity contribution in [3.8, 4) is 0 Å². The standard InChI is InChI=1S/C10H30O6Si4/c1-11-17(4,5)14-20(10,15-18(6,7)12-2)16-19(8,9)13-3/h1-10H3. The van der Waals surface area contributed by atoms with Crippen molar-refractivity contribution in [1.82, 2.24) is 0 Å². The van der Waals surface area contributed by atoms with Crippen molar-refractivity contribution >= 4 is 34.5 Å². The van der Waals surface area contributed by atoms with Gasteiger partial charge in [-0.3, -0.25) is 0 Å². The molecule has 0 aliphatic heterocycles. The zero-order valence-electron chi connectivity index (χ0n) is 14.4. The molecule has 10 heteroatoms. The maximum Gasteiger partial charge on any atom is 0.470 e. The molecule has 0 bridgehead atoms. The molecule has 0 spiro atoms. The third kappa shape index (κ3) is 7.58. The molecule has 0 saturated carbocycles. The summed E-state index contributed by atoms with van der Waals surface area (Å²) < 4.78 is 34.9. The Morgan fingerprint density at radius 3 is 0.800 bits per heavy atom. The minimum absolute atomic E-state index is 1.65. The van der Waals surface area contributed by atoms with E-state index < -0.39 is 34.5 Å². The van der Waals surface area contributed by atoms with E-state index in [9.17, 15) is 0 Å². The molecular weight excluding hydrogens is 328 g/mol. The molecule has 0 saturated heterocycles. The Morgan fingerprint density at radius 2 is 0.650 bits per heavy atom. The molecule has 0 rings (SSSR count). The highest BCUT2D eigenvalue weighted by atomic mass is 28.5. The predicted molar refractivity (Wildman–Crippen MR) is 88.3 cm³/mol. The van der Waals surface area contributed by atoms with Gasteiger partial charge < -0.3 is 25.6 Å². The highest BCUT2D eigenvalue weighted by Crippen LogP contribution is 2.25. The Hall–Kier alpha value is 0.628. The van der Waals surface area contributed by atoms with Crippen molar-refractivity contribution in [2.45, 2.75) is 45.8 Å². The lowest BCUT2D eigenvalue weighted by Crippen LogP contribution is -2.61. The predicted octanol–water partition coefficient (Wildman–Crippen LogP) is 2.65. The van der Waals surface area contributed by atoms with Crippen molar-refractivity contribution < 1.29 is 25.6 Å². The first-order valence-electron chi connectivity index (χ1n) is 6.56. The molecule has 0 aliphatic rings. The third-order valence-corrected chi connectivity index (χ3v) is 16.1. The normalized spacial score (nSPS) is 14.7. The van der Waals surface area contributed by atoms with E-state index in [1.807, 2.05) is 45.8 Å². The molecule has 0 unspecified atom stereocenters. The van der Waals surface area contributed by atoms with Crippen LogP contribution in [-0.2, 0) is 25.6 Å². The molecule has 122 valence electrons. The second-order valence-electron chi connectivity index (χ2n) is 5.98. The maximum atomic E-state index is 6.17. The zero-order chi connectivity index (χ0) is 16.2. The smallest absolute Gasteiger partial charge is 0.398 e. The van der Waals surface area contributed by atoms with E-state index in [0.717, 1.165) is 0 Å². The quantitative estimate of drug-likeness (QED) is 0.591. The van der Waals surface area contributed by atoms with Crippen LogP contribution in [0.15, 0.2) is 0 Å². The van der Waals surface area contributed by atoms with Crippen LogP contribution < -0.4 is 0 Å². The minimum Gasteiger partial charge on any atom is -0.398 e. The number of rotatable bonds is 9. The van der Waals surface area contributed by atoms with Crippen molar-refractivity contribution in [3.05, 3.63) is 0 Å². The molecule has 0 amide bonds. The Balaban J connectivity index is 5.23. The molecule has 0 fully saturated rings. The van der Waals surface area contributed by atoms with Gasteiger partial charge in [-0.2, -0.15) is 0 Å². The highest BCUT2D eigenvalue weighted by molar-refractivity contribution is 6.86. The molecule has 0 radical (unpaired) electrons. The van der Waals surface area contributed by atoms with Gasteiger partial charge in [0.25, 0.3) is 0 Å². The molecular formula is C10H30O6Si4. The van der Waals surface area contributed by atoms with Gasteiger partial charge >= 0.3 is 34.5 Å². The Kier molecular flexibility index (Phi) is 7.49. The van der Waals surface area contributed by atoms with Crippen LogP contribution in [0.2, 0.25) is 45.8 Å². The molecule has 0 heterocycles. The van der Waals surface area contributed by atoms with Crippen LogP contribution in [0.25, 0.3) is 0 Å². The van der Waals surface area contributed by atoms with Crippen LogP contribution >= 0.6 is 0 Å². The fraction of sp³-hybridized carbons (Fsp3) is 1.00. The van der Waals surface area contributed by atoms with Gasteiger partial charge in [0.05, 0.1) is 0 Å².